The maximum atomic E-state index is 12.4. The third-order valence-corrected chi connectivity index (χ3v) is 3.98. The van der Waals surface area contributed by atoms with E-state index in [4.69, 9.17) is 16.3 Å². The van der Waals surface area contributed by atoms with Gasteiger partial charge in [0.1, 0.15) is 17.3 Å². The molecule has 0 saturated heterocycles. The number of nitro groups is 1. The Morgan fingerprint density at radius 1 is 1.31 bits per heavy atom. The van der Waals surface area contributed by atoms with Gasteiger partial charge in [-0.15, -0.1) is 0 Å². The van der Waals surface area contributed by atoms with Crippen LogP contribution >= 0.6 is 11.6 Å². The van der Waals surface area contributed by atoms with Crippen LogP contribution in [0.15, 0.2) is 35.1 Å². The maximum absolute atomic E-state index is 12.4. The van der Waals surface area contributed by atoms with E-state index in [2.05, 4.69) is 20.3 Å². The first-order valence-corrected chi connectivity index (χ1v) is 8.68. The first-order valence-electron chi connectivity index (χ1n) is 8.30. The van der Waals surface area contributed by atoms with Crippen LogP contribution in [0.25, 0.3) is 0 Å². The van der Waals surface area contributed by atoms with Crippen molar-refractivity contribution in [3.8, 4) is 0 Å². The van der Waals surface area contributed by atoms with Crippen molar-refractivity contribution >= 4 is 40.9 Å². The third kappa shape index (κ3) is 6.01. The number of halogens is 1. The van der Waals surface area contributed by atoms with Gasteiger partial charge >= 0.3 is 5.97 Å². The Balaban J connectivity index is 2.00. The van der Waals surface area contributed by atoms with Crippen LogP contribution in [-0.2, 0) is 14.3 Å². The van der Waals surface area contributed by atoms with Crippen molar-refractivity contribution in [2.45, 2.75) is 19.9 Å². The van der Waals surface area contributed by atoms with E-state index in [0.717, 1.165) is 6.07 Å². The molecule has 0 radical (unpaired) electrons. The summed E-state index contributed by atoms with van der Waals surface area (Å²) in [5, 5.41) is 19.1. The number of nitrogens with one attached hydrogen (secondary N) is 2. The van der Waals surface area contributed by atoms with Gasteiger partial charge in [0.05, 0.1) is 4.92 Å². The number of nitro benzene ring substituents is 1. The second kappa shape index (κ2) is 9.64. The molecule has 0 aliphatic rings. The highest BCUT2D eigenvalue weighted by Crippen LogP contribution is 2.25. The van der Waals surface area contributed by atoms with Gasteiger partial charge in [0.25, 0.3) is 17.5 Å². The molecular weight excluding hydrogens is 408 g/mol. The molecule has 0 aliphatic carbocycles. The van der Waals surface area contributed by atoms with Gasteiger partial charge in [-0.05, 0) is 18.1 Å². The van der Waals surface area contributed by atoms with Crippen molar-refractivity contribution in [3.63, 3.8) is 0 Å². The van der Waals surface area contributed by atoms with Crippen LogP contribution in [0.1, 0.15) is 24.2 Å². The molecule has 2 amide bonds. The summed E-state index contributed by atoms with van der Waals surface area (Å²) in [4.78, 5) is 46.7. The summed E-state index contributed by atoms with van der Waals surface area (Å²) < 4.78 is 9.50. The maximum Gasteiger partial charge on any atom is 0.329 e. The third-order valence-electron chi connectivity index (χ3n) is 3.66. The first kappa shape index (κ1) is 21.8. The van der Waals surface area contributed by atoms with Crippen LogP contribution in [0.5, 0.6) is 0 Å². The predicted molar refractivity (Wildman–Crippen MR) is 100 cm³/mol. The zero-order chi connectivity index (χ0) is 21.6. The molecule has 11 nitrogen and oxygen atoms in total. The van der Waals surface area contributed by atoms with Crippen LogP contribution in [-0.4, -0.2) is 40.5 Å². The van der Waals surface area contributed by atoms with Crippen molar-refractivity contribution < 1.29 is 28.6 Å². The molecule has 2 aromatic rings. The fourth-order valence-corrected chi connectivity index (χ4v) is 2.39. The van der Waals surface area contributed by atoms with E-state index < -0.39 is 41.0 Å². The molecule has 1 aromatic carbocycles. The van der Waals surface area contributed by atoms with Crippen LogP contribution in [0.2, 0.25) is 5.02 Å². The van der Waals surface area contributed by atoms with E-state index in [-0.39, 0.29) is 22.3 Å². The van der Waals surface area contributed by atoms with Gasteiger partial charge < -0.3 is 19.9 Å². The summed E-state index contributed by atoms with van der Waals surface area (Å²) in [5.74, 6) is -2.44. The van der Waals surface area contributed by atoms with E-state index in [1.165, 1.54) is 24.5 Å². The molecule has 29 heavy (non-hydrogen) atoms. The van der Waals surface area contributed by atoms with E-state index in [1.807, 2.05) is 0 Å². The molecule has 154 valence electrons. The Kier molecular flexibility index (Phi) is 7.26. The summed E-state index contributed by atoms with van der Waals surface area (Å²) in [6.07, 6.45) is 1.26. The Hall–Kier alpha value is -3.47. The lowest BCUT2D eigenvalue weighted by Crippen LogP contribution is -2.46. The Morgan fingerprint density at radius 2 is 2.03 bits per heavy atom. The second-order valence-corrected chi connectivity index (χ2v) is 6.57. The van der Waals surface area contributed by atoms with Crippen LogP contribution in [0, 0.1) is 16.0 Å². The van der Waals surface area contributed by atoms with Gasteiger partial charge in [-0.1, -0.05) is 30.6 Å². The summed E-state index contributed by atoms with van der Waals surface area (Å²) in [7, 11) is 0. The fourth-order valence-electron chi connectivity index (χ4n) is 2.20. The number of hydrogen-bond donors (Lipinski definition) is 2. The number of ether oxygens (including phenoxy) is 1. The second-order valence-electron chi connectivity index (χ2n) is 6.16. The molecular formula is C17H17ClN4O7. The largest absolute Gasteiger partial charge is 0.454 e. The molecule has 0 fully saturated rings. The van der Waals surface area contributed by atoms with Crippen molar-refractivity contribution in [1.29, 1.82) is 0 Å². The van der Waals surface area contributed by atoms with Gasteiger partial charge in [-0.3, -0.25) is 19.7 Å². The zero-order valence-corrected chi connectivity index (χ0v) is 16.1. The summed E-state index contributed by atoms with van der Waals surface area (Å²) in [6, 6.07) is 3.83. The Morgan fingerprint density at radius 3 is 2.62 bits per heavy atom. The zero-order valence-electron chi connectivity index (χ0n) is 15.4. The molecule has 0 saturated carbocycles. The molecule has 1 atom stereocenters. The van der Waals surface area contributed by atoms with Crippen molar-refractivity contribution in [2.24, 2.45) is 5.92 Å². The van der Waals surface area contributed by atoms with E-state index in [9.17, 15) is 24.5 Å². The van der Waals surface area contributed by atoms with Crippen LogP contribution in [0.3, 0.4) is 0 Å². The minimum Gasteiger partial charge on any atom is -0.454 e. The normalized spacial score (nSPS) is 11.6. The number of amides is 2. The number of carbonyl (C=O) groups is 3. The highest BCUT2D eigenvalue weighted by molar-refractivity contribution is 6.32. The molecule has 2 N–H and O–H groups in total. The van der Waals surface area contributed by atoms with Crippen molar-refractivity contribution in [1.82, 2.24) is 10.5 Å². The quantitative estimate of drug-likeness (QED) is 0.371. The first-order chi connectivity index (χ1) is 13.7. The lowest BCUT2D eigenvalue weighted by molar-refractivity contribution is -0.384. The molecule has 0 bridgehead atoms. The number of anilines is 1. The molecule has 0 spiro atoms. The number of rotatable bonds is 8. The lowest BCUT2D eigenvalue weighted by Gasteiger charge is -2.20. The van der Waals surface area contributed by atoms with Gasteiger partial charge in [-0.2, -0.15) is 0 Å². The smallest absolute Gasteiger partial charge is 0.329 e. The highest BCUT2D eigenvalue weighted by atomic mass is 35.5. The van der Waals surface area contributed by atoms with E-state index in [1.54, 1.807) is 13.8 Å². The average Bonchev–Trinajstić information content (AvgIpc) is 3.16. The SMILES string of the molecule is CC(C)[C@H](NC(=O)c1ccc(Cl)c([N+](=O)[O-])c1)C(=O)OCC(=O)Nc1ccon1. The number of hydrogen-bond acceptors (Lipinski definition) is 8. The molecule has 2 rings (SSSR count). The molecule has 12 heteroatoms. The molecule has 0 aliphatic heterocycles. The van der Waals surface area contributed by atoms with E-state index in [0.29, 0.717) is 0 Å². The number of carbonyl (C=O) groups excluding carboxylic acids is 3. The minimum absolute atomic E-state index is 0.0525. The van der Waals surface area contributed by atoms with Gasteiger partial charge in [0.15, 0.2) is 12.4 Å². The number of benzene rings is 1. The van der Waals surface area contributed by atoms with Crippen LogP contribution < -0.4 is 10.6 Å². The average molecular weight is 425 g/mol. The number of esters is 1. The highest BCUT2D eigenvalue weighted by Gasteiger charge is 2.27. The van der Waals surface area contributed by atoms with Crippen molar-refractivity contribution in [3.05, 3.63) is 51.2 Å². The predicted octanol–water partition coefficient (Wildman–Crippen LogP) is 2.17. The van der Waals surface area contributed by atoms with Crippen molar-refractivity contribution in [2.75, 3.05) is 11.9 Å². The Labute approximate surface area is 169 Å². The molecule has 1 heterocycles. The lowest BCUT2D eigenvalue weighted by atomic mass is 10.0. The summed E-state index contributed by atoms with van der Waals surface area (Å²) in [5.41, 5.74) is -0.490. The molecule has 0 unspecified atom stereocenters. The topological polar surface area (TPSA) is 154 Å². The Bertz CT molecular complexity index is 915. The fraction of sp³-hybridized carbons (Fsp3) is 0.294. The monoisotopic (exact) mass is 424 g/mol. The summed E-state index contributed by atoms with van der Waals surface area (Å²) in [6.45, 7) is 2.72. The van der Waals surface area contributed by atoms with Gasteiger partial charge in [0, 0.05) is 17.7 Å². The van der Waals surface area contributed by atoms with E-state index >= 15 is 0 Å². The van der Waals surface area contributed by atoms with Crippen LogP contribution in [0.4, 0.5) is 11.5 Å². The number of aromatic nitrogens is 1. The minimum atomic E-state index is -1.09. The summed E-state index contributed by atoms with van der Waals surface area (Å²) >= 11 is 5.73. The standard InChI is InChI=1S/C17H17ClN4O7/c1-9(2)15(17(25)28-8-14(23)19-13-5-6-29-21-13)20-16(24)10-3-4-11(18)12(7-10)22(26)27/h3-7,9,15H,8H2,1-2H3,(H,20,24)(H,19,21,23)/t15-/m0/s1. The van der Waals surface area contributed by atoms with Gasteiger partial charge in [0.2, 0.25) is 0 Å². The molecule has 1 aromatic heterocycles. The number of nitrogens with zero attached hydrogens (tertiary/aromatic N) is 2. The van der Waals surface area contributed by atoms with Gasteiger partial charge in [-0.25, -0.2) is 4.79 Å².